The summed E-state index contributed by atoms with van der Waals surface area (Å²) in [5.74, 6) is 0. The summed E-state index contributed by atoms with van der Waals surface area (Å²) in [5, 5.41) is 4.34. The van der Waals surface area contributed by atoms with E-state index < -0.39 is 10.0 Å². The number of fused-ring (bicyclic) bond motifs is 1. The number of hydrogen-bond acceptors (Lipinski definition) is 4. The molecule has 0 N–H and O–H groups in total. The van der Waals surface area contributed by atoms with Crippen LogP contribution in [0.1, 0.15) is 36.8 Å². The summed E-state index contributed by atoms with van der Waals surface area (Å²) >= 11 is 0. The van der Waals surface area contributed by atoms with Gasteiger partial charge in [-0.3, -0.25) is 0 Å². The van der Waals surface area contributed by atoms with Gasteiger partial charge in [0, 0.05) is 19.3 Å². The molecule has 8 heteroatoms. The maximum atomic E-state index is 13.0. The SMILES string of the molecule is C=Cc1ccc(Cn2nc3ccc(S(=O)(=O)N4CCCCCC4)cn3c2=O)cc1. The van der Waals surface area contributed by atoms with Crippen LogP contribution in [0, 0.1) is 0 Å². The third kappa shape index (κ3) is 3.90. The van der Waals surface area contributed by atoms with Gasteiger partial charge >= 0.3 is 5.69 Å². The van der Waals surface area contributed by atoms with Crippen LogP contribution < -0.4 is 5.69 Å². The molecule has 152 valence electrons. The highest BCUT2D eigenvalue weighted by Gasteiger charge is 2.26. The molecular weight excluding hydrogens is 388 g/mol. The van der Waals surface area contributed by atoms with E-state index in [2.05, 4.69) is 11.7 Å². The average Bonchev–Trinajstić information content (AvgIpc) is 2.92. The fraction of sp³-hybridized carbons (Fsp3) is 0.333. The molecule has 1 saturated heterocycles. The third-order valence-corrected chi connectivity index (χ3v) is 7.18. The van der Waals surface area contributed by atoms with Gasteiger partial charge in [0.05, 0.1) is 11.4 Å². The Labute approximate surface area is 169 Å². The zero-order valence-electron chi connectivity index (χ0n) is 16.2. The van der Waals surface area contributed by atoms with Gasteiger partial charge in [0.25, 0.3) is 0 Å². The van der Waals surface area contributed by atoms with Gasteiger partial charge in [-0.1, -0.05) is 49.8 Å². The lowest BCUT2D eigenvalue weighted by Gasteiger charge is -2.19. The first-order chi connectivity index (χ1) is 14.0. The van der Waals surface area contributed by atoms with Crippen molar-refractivity contribution >= 4 is 21.7 Å². The number of hydrogen-bond donors (Lipinski definition) is 0. The summed E-state index contributed by atoms with van der Waals surface area (Å²) in [6.45, 7) is 5.09. The molecule has 0 amide bonds. The number of pyridine rings is 1. The topological polar surface area (TPSA) is 76.7 Å². The number of rotatable bonds is 5. The molecule has 0 spiro atoms. The molecule has 1 aliphatic heterocycles. The van der Waals surface area contributed by atoms with Gasteiger partial charge in [0.1, 0.15) is 0 Å². The Morgan fingerprint density at radius 3 is 2.34 bits per heavy atom. The highest BCUT2D eigenvalue weighted by Crippen LogP contribution is 2.20. The van der Waals surface area contributed by atoms with E-state index in [0.29, 0.717) is 25.3 Å². The molecule has 3 heterocycles. The minimum atomic E-state index is -3.62. The van der Waals surface area contributed by atoms with Crippen molar-refractivity contribution in [3.8, 4) is 0 Å². The molecule has 0 bridgehead atoms. The lowest BCUT2D eigenvalue weighted by atomic mass is 10.1. The van der Waals surface area contributed by atoms with Gasteiger partial charge in [-0.2, -0.15) is 4.31 Å². The maximum absolute atomic E-state index is 13.0. The van der Waals surface area contributed by atoms with Crippen LogP contribution in [0.3, 0.4) is 0 Å². The lowest BCUT2D eigenvalue weighted by Crippen LogP contribution is -2.32. The Hall–Kier alpha value is -2.71. The molecule has 4 rings (SSSR count). The van der Waals surface area contributed by atoms with Gasteiger partial charge < -0.3 is 0 Å². The Morgan fingerprint density at radius 2 is 1.69 bits per heavy atom. The minimum absolute atomic E-state index is 0.129. The summed E-state index contributed by atoms with van der Waals surface area (Å²) in [6.07, 6.45) is 6.97. The number of nitrogens with zero attached hydrogens (tertiary/aromatic N) is 4. The molecule has 0 atom stereocenters. The van der Waals surface area contributed by atoms with E-state index in [0.717, 1.165) is 36.8 Å². The van der Waals surface area contributed by atoms with Crippen molar-refractivity contribution in [3.05, 3.63) is 70.8 Å². The van der Waals surface area contributed by atoms with Gasteiger partial charge in [-0.15, -0.1) is 5.10 Å². The second-order valence-electron chi connectivity index (χ2n) is 7.30. The minimum Gasteiger partial charge on any atom is -0.249 e. The highest BCUT2D eigenvalue weighted by atomic mass is 32.2. The molecule has 3 aromatic rings. The Kier molecular flexibility index (Phi) is 5.38. The van der Waals surface area contributed by atoms with Crippen molar-refractivity contribution in [1.82, 2.24) is 18.5 Å². The van der Waals surface area contributed by atoms with Crippen molar-refractivity contribution in [3.63, 3.8) is 0 Å². The fourth-order valence-electron chi connectivity index (χ4n) is 3.62. The predicted molar refractivity (Wildman–Crippen MR) is 112 cm³/mol. The summed E-state index contributed by atoms with van der Waals surface area (Å²) in [4.78, 5) is 12.9. The van der Waals surface area contributed by atoms with Crippen molar-refractivity contribution in [2.24, 2.45) is 0 Å². The van der Waals surface area contributed by atoms with Crippen LogP contribution in [0.15, 0.2) is 58.9 Å². The number of sulfonamides is 1. The van der Waals surface area contributed by atoms with Crippen LogP contribution in [0.25, 0.3) is 11.7 Å². The molecule has 0 unspecified atom stereocenters. The summed E-state index contributed by atoms with van der Waals surface area (Å²) in [6, 6.07) is 10.8. The molecule has 0 radical (unpaired) electrons. The third-order valence-electron chi connectivity index (χ3n) is 5.30. The number of benzene rings is 1. The van der Waals surface area contributed by atoms with E-state index in [1.54, 1.807) is 12.1 Å². The van der Waals surface area contributed by atoms with E-state index in [1.165, 1.54) is 25.7 Å². The van der Waals surface area contributed by atoms with Crippen LogP contribution in [0.5, 0.6) is 0 Å². The summed E-state index contributed by atoms with van der Waals surface area (Å²) in [5.41, 5.74) is 1.99. The van der Waals surface area contributed by atoms with Crippen molar-refractivity contribution in [2.75, 3.05) is 13.1 Å². The van der Waals surface area contributed by atoms with Gasteiger partial charge in [0.2, 0.25) is 10.0 Å². The molecule has 1 aliphatic rings. The van der Waals surface area contributed by atoms with Crippen molar-refractivity contribution in [1.29, 1.82) is 0 Å². The monoisotopic (exact) mass is 412 g/mol. The van der Waals surface area contributed by atoms with Crippen LogP contribution >= 0.6 is 0 Å². The van der Waals surface area contributed by atoms with Crippen LogP contribution in [-0.4, -0.2) is 40.0 Å². The zero-order chi connectivity index (χ0) is 20.4. The lowest BCUT2D eigenvalue weighted by molar-refractivity contribution is 0.423. The molecule has 1 aromatic carbocycles. The summed E-state index contributed by atoms with van der Waals surface area (Å²) in [7, 11) is -3.62. The summed E-state index contributed by atoms with van der Waals surface area (Å²) < 4.78 is 30.2. The molecular formula is C21H24N4O3S. The second-order valence-corrected chi connectivity index (χ2v) is 9.24. The van der Waals surface area contributed by atoms with Gasteiger partial charge in [0.15, 0.2) is 5.65 Å². The highest BCUT2D eigenvalue weighted by molar-refractivity contribution is 7.89. The molecule has 7 nitrogen and oxygen atoms in total. The van der Waals surface area contributed by atoms with Crippen molar-refractivity contribution in [2.45, 2.75) is 37.1 Å². The molecule has 0 aliphatic carbocycles. The van der Waals surface area contributed by atoms with Gasteiger partial charge in [-0.25, -0.2) is 22.3 Å². The Balaban J connectivity index is 1.66. The van der Waals surface area contributed by atoms with E-state index in [1.807, 2.05) is 24.3 Å². The predicted octanol–water partition coefficient (Wildman–Crippen LogP) is 2.75. The Bertz CT molecular complexity index is 1180. The largest absolute Gasteiger partial charge is 0.350 e. The van der Waals surface area contributed by atoms with Crippen LogP contribution in [0.4, 0.5) is 0 Å². The first-order valence-corrected chi connectivity index (χ1v) is 11.2. The molecule has 2 aromatic heterocycles. The van der Waals surface area contributed by atoms with E-state index >= 15 is 0 Å². The Morgan fingerprint density at radius 1 is 1.00 bits per heavy atom. The second kappa shape index (κ2) is 7.96. The molecule has 29 heavy (non-hydrogen) atoms. The molecule has 1 fully saturated rings. The van der Waals surface area contributed by atoms with E-state index in [-0.39, 0.29) is 10.6 Å². The standard InChI is InChI=1S/C21H24N4O3S/c1-2-17-7-9-18(10-8-17)15-25-21(26)24-16-19(11-12-20(24)22-25)29(27,28)23-13-5-3-4-6-14-23/h2,7-12,16H,1,3-6,13-15H2. The quantitative estimate of drug-likeness (QED) is 0.646. The molecule has 0 saturated carbocycles. The maximum Gasteiger partial charge on any atom is 0.350 e. The normalized spacial score (nSPS) is 16.0. The van der Waals surface area contributed by atoms with Crippen LogP contribution in [0.2, 0.25) is 0 Å². The van der Waals surface area contributed by atoms with E-state index in [4.69, 9.17) is 0 Å². The van der Waals surface area contributed by atoms with E-state index in [9.17, 15) is 13.2 Å². The van der Waals surface area contributed by atoms with Gasteiger partial charge in [-0.05, 0) is 36.1 Å². The zero-order valence-corrected chi connectivity index (χ0v) is 17.0. The van der Waals surface area contributed by atoms with Crippen molar-refractivity contribution < 1.29 is 8.42 Å². The average molecular weight is 413 g/mol. The smallest absolute Gasteiger partial charge is 0.249 e. The first kappa shape index (κ1) is 19.6. The van der Waals surface area contributed by atoms with Crippen LogP contribution in [-0.2, 0) is 16.6 Å². The number of aromatic nitrogens is 3. The first-order valence-electron chi connectivity index (χ1n) is 9.80. The fourth-order valence-corrected chi connectivity index (χ4v) is 5.13.